The number of nitrogens with one attached hydrogen (secondary N) is 1. The van der Waals surface area contributed by atoms with Gasteiger partial charge in [0.25, 0.3) is 0 Å². The van der Waals surface area contributed by atoms with Crippen molar-refractivity contribution in [2.24, 2.45) is 5.41 Å². The molecule has 1 rings (SSSR count). The van der Waals surface area contributed by atoms with Crippen LogP contribution in [0.2, 0.25) is 0 Å². The molecule has 0 heterocycles. The van der Waals surface area contributed by atoms with Gasteiger partial charge < -0.3 is 10.1 Å². The molecule has 0 fully saturated rings. The maximum atomic E-state index is 13.8. The van der Waals surface area contributed by atoms with E-state index in [2.05, 4.69) is 10.1 Å². The molecule has 1 aromatic carbocycles. The molecule has 0 radical (unpaired) electrons. The molecule has 3 nitrogen and oxygen atoms in total. The van der Waals surface area contributed by atoms with Gasteiger partial charge in [-0.05, 0) is 24.0 Å². The van der Waals surface area contributed by atoms with Crippen LogP contribution < -0.4 is 5.32 Å². The molecule has 0 bridgehead atoms. The first kappa shape index (κ1) is 15.4. The van der Waals surface area contributed by atoms with Crippen LogP contribution in [0, 0.1) is 17.0 Å². The van der Waals surface area contributed by atoms with Gasteiger partial charge >= 0.3 is 5.97 Å². The largest absolute Gasteiger partial charge is 0.465 e. The topological polar surface area (TPSA) is 38.3 Å². The Hall–Kier alpha value is -1.65. The summed E-state index contributed by atoms with van der Waals surface area (Å²) >= 11 is 0. The molecule has 0 aliphatic heterocycles. The van der Waals surface area contributed by atoms with Gasteiger partial charge in [0.05, 0.1) is 18.4 Å². The molecule has 0 spiro atoms. The minimum absolute atomic E-state index is 0.0239. The molecule has 1 aromatic rings. The monoisotopic (exact) mass is 271 g/mol. The number of anilines is 1. The molecule has 0 saturated heterocycles. The van der Waals surface area contributed by atoms with Crippen molar-refractivity contribution in [2.45, 2.75) is 27.2 Å². The first-order valence-corrected chi connectivity index (χ1v) is 6.12. The van der Waals surface area contributed by atoms with Crippen LogP contribution in [0.1, 0.15) is 37.6 Å². The van der Waals surface area contributed by atoms with E-state index in [1.54, 1.807) is 0 Å². The standard InChI is InChI=1S/C14H19F2NO2/c1-5-14(2,3)8-17-10-7-6-9(13(18)19-4)11(15)12(10)16/h6-7,17H,5,8H2,1-4H3. The van der Waals surface area contributed by atoms with Gasteiger partial charge in [0.2, 0.25) is 0 Å². The Morgan fingerprint density at radius 3 is 2.47 bits per heavy atom. The lowest BCUT2D eigenvalue weighted by Gasteiger charge is -2.23. The molecule has 0 atom stereocenters. The molecule has 19 heavy (non-hydrogen) atoms. The zero-order valence-corrected chi connectivity index (χ0v) is 11.6. The second-order valence-electron chi connectivity index (χ2n) is 5.15. The highest BCUT2D eigenvalue weighted by Crippen LogP contribution is 2.24. The molecule has 0 aliphatic carbocycles. The predicted octanol–water partition coefficient (Wildman–Crippen LogP) is 3.60. The van der Waals surface area contributed by atoms with E-state index < -0.39 is 23.2 Å². The Morgan fingerprint density at radius 1 is 1.32 bits per heavy atom. The maximum Gasteiger partial charge on any atom is 0.340 e. The highest BCUT2D eigenvalue weighted by Gasteiger charge is 2.20. The number of methoxy groups -OCH3 is 1. The fraction of sp³-hybridized carbons (Fsp3) is 0.500. The zero-order chi connectivity index (χ0) is 14.6. The second kappa shape index (κ2) is 5.99. The molecule has 1 N–H and O–H groups in total. The van der Waals surface area contributed by atoms with E-state index in [0.29, 0.717) is 6.54 Å². The number of carbonyl (C=O) groups excluding carboxylic acids is 1. The van der Waals surface area contributed by atoms with E-state index in [1.807, 2.05) is 20.8 Å². The molecule has 0 aliphatic rings. The van der Waals surface area contributed by atoms with Crippen molar-refractivity contribution in [3.05, 3.63) is 29.3 Å². The van der Waals surface area contributed by atoms with Gasteiger partial charge in [-0.2, -0.15) is 0 Å². The number of halogens is 2. The van der Waals surface area contributed by atoms with Crippen LogP contribution in [0.4, 0.5) is 14.5 Å². The van der Waals surface area contributed by atoms with E-state index in [9.17, 15) is 13.6 Å². The summed E-state index contributed by atoms with van der Waals surface area (Å²) in [6.45, 7) is 6.59. The number of rotatable bonds is 5. The number of benzene rings is 1. The van der Waals surface area contributed by atoms with Gasteiger partial charge in [-0.15, -0.1) is 0 Å². The van der Waals surface area contributed by atoms with Crippen molar-refractivity contribution in [3.63, 3.8) is 0 Å². The van der Waals surface area contributed by atoms with E-state index in [1.165, 1.54) is 12.1 Å². The van der Waals surface area contributed by atoms with Crippen LogP contribution in [0.5, 0.6) is 0 Å². The molecule has 0 amide bonds. The quantitative estimate of drug-likeness (QED) is 0.831. The van der Waals surface area contributed by atoms with Crippen LogP contribution in [0.3, 0.4) is 0 Å². The van der Waals surface area contributed by atoms with Crippen LogP contribution in [0.25, 0.3) is 0 Å². The lowest BCUT2D eigenvalue weighted by molar-refractivity contribution is 0.0594. The summed E-state index contributed by atoms with van der Waals surface area (Å²) in [6, 6.07) is 2.56. The summed E-state index contributed by atoms with van der Waals surface area (Å²) in [5, 5.41) is 2.86. The molecular formula is C14H19F2NO2. The first-order valence-electron chi connectivity index (χ1n) is 6.12. The van der Waals surface area contributed by atoms with Gasteiger partial charge in [0.15, 0.2) is 11.6 Å². The highest BCUT2D eigenvalue weighted by molar-refractivity contribution is 5.90. The Bertz CT molecular complexity index is 473. The van der Waals surface area contributed by atoms with E-state index in [0.717, 1.165) is 13.5 Å². The van der Waals surface area contributed by atoms with Crippen molar-refractivity contribution < 1.29 is 18.3 Å². The van der Waals surface area contributed by atoms with Crippen LogP contribution in [0.15, 0.2) is 12.1 Å². The maximum absolute atomic E-state index is 13.8. The number of hydrogen-bond acceptors (Lipinski definition) is 3. The third kappa shape index (κ3) is 3.66. The minimum atomic E-state index is -1.19. The van der Waals surface area contributed by atoms with Crippen molar-refractivity contribution in [1.29, 1.82) is 0 Å². The zero-order valence-electron chi connectivity index (χ0n) is 11.6. The lowest BCUT2D eigenvalue weighted by Crippen LogP contribution is -2.22. The third-order valence-electron chi connectivity index (χ3n) is 3.20. The summed E-state index contributed by atoms with van der Waals surface area (Å²) in [5.41, 5.74) is -0.379. The fourth-order valence-corrected chi connectivity index (χ4v) is 1.41. The number of hydrogen-bond donors (Lipinski definition) is 1. The molecule has 0 aromatic heterocycles. The van der Waals surface area contributed by atoms with Gasteiger partial charge in [-0.1, -0.05) is 20.8 Å². The fourth-order valence-electron chi connectivity index (χ4n) is 1.41. The summed E-state index contributed by atoms with van der Waals surface area (Å²) < 4.78 is 31.9. The van der Waals surface area contributed by atoms with Gasteiger partial charge in [0.1, 0.15) is 0 Å². The van der Waals surface area contributed by atoms with Crippen molar-refractivity contribution in [2.75, 3.05) is 19.0 Å². The number of ether oxygens (including phenoxy) is 1. The average Bonchev–Trinajstić information content (AvgIpc) is 2.39. The van der Waals surface area contributed by atoms with Crippen molar-refractivity contribution >= 4 is 11.7 Å². The summed E-state index contributed by atoms with van der Waals surface area (Å²) in [4.78, 5) is 11.2. The Labute approximate surface area is 112 Å². The van der Waals surface area contributed by atoms with E-state index in [4.69, 9.17) is 0 Å². The first-order chi connectivity index (χ1) is 8.82. The van der Waals surface area contributed by atoms with Crippen LogP contribution in [-0.2, 0) is 4.74 Å². The Morgan fingerprint density at radius 2 is 1.95 bits per heavy atom. The van der Waals surface area contributed by atoms with Gasteiger partial charge in [-0.3, -0.25) is 0 Å². The Kier molecular flexibility index (Phi) is 4.86. The van der Waals surface area contributed by atoms with Crippen LogP contribution >= 0.6 is 0 Å². The molecule has 106 valence electrons. The van der Waals surface area contributed by atoms with Gasteiger partial charge in [-0.25, -0.2) is 13.6 Å². The highest BCUT2D eigenvalue weighted by atomic mass is 19.2. The third-order valence-corrected chi connectivity index (χ3v) is 3.20. The Balaban J connectivity index is 2.94. The van der Waals surface area contributed by atoms with Crippen LogP contribution in [-0.4, -0.2) is 19.6 Å². The molecule has 0 saturated carbocycles. The lowest BCUT2D eigenvalue weighted by atomic mass is 9.90. The number of esters is 1. The number of carbonyl (C=O) groups is 1. The minimum Gasteiger partial charge on any atom is -0.465 e. The van der Waals surface area contributed by atoms with Crippen molar-refractivity contribution in [3.8, 4) is 0 Å². The molecule has 5 heteroatoms. The van der Waals surface area contributed by atoms with Crippen molar-refractivity contribution in [1.82, 2.24) is 0 Å². The smallest absolute Gasteiger partial charge is 0.340 e. The predicted molar refractivity (Wildman–Crippen MR) is 70.3 cm³/mol. The average molecular weight is 271 g/mol. The summed E-state index contributed by atoms with van der Waals surface area (Å²) in [6.07, 6.45) is 0.907. The van der Waals surface area contributed by atoms with Gasteiger partial charge in [0, 0.05) is 6.54 Å². The second-order valence-corrected chi connectivity index (χ2v) is 5.15. The molecular weight excluding hydrogens is 252 g/mol. The summed E-state index contributed by atoms with van der Waals surface area (Å²) in [5.74, 6) is -3.14. The normalized spacial score (nSPS) is 11.3. The van der Waals surface area contributed by atoms with E-state index in [-0.39, 0.29) is 11.1 Å². The van der Waals surface area contributed by atoms with E-state index >= 15 is 0 Å². The summed E-state index contributed by atoms with van der Waals surface area (Å²) in [7, 11) is 1.12. The SMILES string of the molecule is CCC(C)(C)CNc1ccc(C(=O)OC)c(F)c1F. The molecule has 0 unspecified atom stereocenters.